The number of hydrogen-bond donors (Lipinski definition) is 0. The van der Waals surface area contributed by atoms with Crippen molar-refractivity contribution in [2.45, 2.75) is 65.2 Å². The third-order valence-corrected chi connectivity index (χ3v) is 5.80. The van der Waals surface area contributed by atoms with E-state index in [4.69, 9.17) is 13.9 Å². The van der Waals surface area contributed by atoms with Crippen LogP contribution >= 0.6 is 0 Å². The Hall–Kier alpha value is -3.41. The molecular weight excluding hydrogens is 442 g/mol. The molecule has 2 heterocycles. The fourth-order valence-corrected chi connectivity index (χ4v) is 3.71. The van der Waals surface area contributed by atoms with Crippen LogP contribution in [0.2, 0.25) is 0 Å². The van der Waals surface area contributed by atoms with Crippen molar-refractivity contribution in [2.75, 3.05) is 13.2 Å². The molecule has 186 valence electrons. The highest BCUT2D eigenvalue weighted by Gasteiger charge is 2.10. The van der Waals surface area contributed by atoms with E-state index in [2.05, 4.69) is 30.6 Å². The largest absolute Gasteiger partial charge is 0.478 e. The van der Waals surface area contributed by atoms with Gasteiger partial charge in [0.1, 0.15) is 5.58 Å². The van der Waals surface area contributed by atoms with Gasteiger partial charge in [-0.1, -0.05) is 63.5 Å². The van der Waals surface area contributed by atoms with Crippen LogP contribution in [0.1, 0.15) is 64.4 Å². The molecule has 1 aromatic carbocycles. The Bertz CT molecular complexity index is 1180. The van der Waals surface area contributed by atoms with Gasteiger partial charge in [0.05, 0.1) is 18.8 Å². The molecule has 35 heavy (non-hydrogen) atoms. The normalized spacial score (nSPS) is 10.9. The highest BCUT2D eigenvalue weighted by atomic mass is 16.5. The Morgan fingerprint density at radius 1 is 1.00 bits per heavy atom. The van der Waals surface area contributed by atoms with Crippen molar-refractivity contribution in [3.8, 4) is 17.0 Å². The average Bonchev–Trinajstić information content (AvgIpc) is 2.86. The van der Waals surface area contributed by atoms with E-state index in [1.807, 2.05) is 18.2 Å². The van der Waals surface area contributed by atoms with E-state index < -0.39 is 0 Å². The number of benzene rings is 1. The lowest BCUT2D eigenvalue weighted by atomic mass is 10.0. The summed E-state index contributed by atoms with van der Waals surface area (Å²) in [5, 5.41) is 0.759. The number of aromatic nitrogens is 1. The van der Waals surface area contributed by atoms with Crippen LogP contribution in [-0.2, 0) is 16.0 Å². The summed E-state index contributed by atoms with van der Waals surface area (Å²) in [6.07, 6.45) is 9.81. The molecule has 6 nitrogen and oxygen atoms in total. The highest BCUT2D eigenvalue weighted by Crippen LogP contribution is 2.23. The van der Waals surface area contributed by atoms with Gasteiger partial charge in [0.15, 0.2) is 0 Å². The van der Waals surface area contributed by atoms with E-state index in [-0.39, 0.29) is 11.6 Å². The molecular formula is C29H35NO5. The minimum Gasteiger partial charge on any atom is -0.478 e. The molecule has 0 aliphatic heterocycles. The maximum absolute atomic E-state index is 12.6. The molecule has 3 aromatic rings. The summed E-state index contributed by atoms with van der Waals surface area (Å²) in [5.41, 5.74) is 3.17. The summed E-state index contributed by atoms with van der Waals surface area (Å²) >= 11 is 0. The van der Waals surface area contributed by atoms with Crippen molar-refractivity contribution in [1.29, 1.82) is 0 Å². The van der Waals surface area contributed by atoms with Gasteiger partial charge in [-0.15, -0.1) is 0 Å². The first kappa shape index (κ1) is 26.2. The van der Waals surface area contributed by atoms with Crippen molar-refractivity contribution >= 4 is 16.9 Å². The van der Waals surface area contributed by atoms with Crippen LogP contribution in [0.3, 0.4) is 0 Å². The molecule has 3 rings (SSSR count). The summed E-state index contributed by atoms with van der Waals surface area (Å²) in [7, 11) is 0. The van der Waals surface area contributed by atoms with E-state index in [9.17, 15) is 9.59 Å². The molecule has 0 saturated carbocycles. The van der Waals surface area contributed by atoms with Crippen LogP contribution in [-0.4, -0.2) is 24.2 Å². The van der Waals surface area contributed by atoms with E-state index in [1.165, 1.54) is 5.56 Å². The number of esters is 1. The van der Waals surface area contributed by atoms with Crippen LogP contribution in [0, 0.1) is 0 Å². The van der Waals surface area contributed by atoms with Gasteiger partial charge in [-0.25, -0.2) is 14.6 Å². The number of aryl methyl sites for hydroxylation is 1. The maximum Gasteiger partial charge on any atom is 0.344 e. The van der Waals surface area contributed by atoms with Crippen molar-refractivity contribution in [1.82, 2.24) is 4.98 Å². The zero-order valence-electron chi connectivity index (χ0n) is 20.8. The van der Waals surface area contributed by atoms with Gasteiger partial charge in [-0.2, -0.15) is 0 Å². The molecule has 6 heteroatoms. The van der Waals surface area contributed by atoms with Gasteiger partial charge in [-0.3, -0.25) is 0 Å². The van der Waals surface area contributed by atoms with Crippen molar-refractivity contribution < 1.29 is 18.7 Å². The minimum absolute atomic E-state index is 0.329. The zero-order valence-corrected chi connectivity index (χ0v) is 20.8. The second kappa shape index (κ2) is 13.5. The van der Waals surface area contributed by atoms with E-state index >= 15 is 0 Å². The minimum atomic E-state index is -0.370. The molecule has 0 N–H and O–H groups in total. The fraction of sp³-hybridized carbons (Fsp3) is 0.414. The molecule has 0 amide bonds. The van der Waals surface area contributed by atoms with Crippen LogP contribution in [0.25, 0.3) is 22.1 Å². The number of pyridine rings is 1. The Morgan fingerprint density at radius 3 is 2.43 bits per heavy atom. The number of nitrogens with zero attached hydrogens (tertiary/aromatic N) is 1. The topological polar surface area (TPSA) is 78.6 Å². The fourth-order valence-electron chi connectivity index (χ4n) is 3.71. The van der Waals surface area contributed by atoms with Crippen molar-refractivity contribution in [3.05, 3.63) is 70.7 Å². The SMILES string of the molecule is C=C(C)C(=O)OCCCCCCCOc1cc2oc(=O)c(-c3ccc(CCCC)cc3)cc2cn1. The molecule has 0 atom stereocenters. The van der Waals surface area contributed by atoms with Crippen LogP contribution in [0.15, 0.2) is 64.0 Å². The summed E-state index contributed by atoms with van der Waals surface area (Å²) in [5.74, 6) is 0.116. The molecule has 0 aliphatic carbocycles. The lowest BCUT2D eigenvalue weighted by Gasteiger charge is -2.07. The first-order valence-electron chi connectivity index (χ1n) is 12.5. The first-order valence-corrected chi connectivity index (χ1v) is 12.5. The predicted octanol–water partition coefficient (Wildman–Crippen LogP) is 6.65. The zero-order chi connectivity index (χ0) is 25.0. The molecule has 0 bridgehead atoms. The lowest BCUT2D eigenvalue weighted by Crippen LogP contribution is -2.06. The quantitative estimate of drug-likeness (QED) is 0.147. The van der Waals surface area contributed by atoms with Crippen LogP contribution < -0.4 is 10.4 Å². The predicted molar refractivity (Wildman–Crippen MR) is 139 cm³/mol. The number of carbonyl (C=O) groups is 1. The molecule has 0 fully saturated rings. The lowest BCUT2D eigenvalue weighted by molar-refractivity contribution is -0.139. The first-order chi connectivity index (χ1) is 17.0. The summed E-state index contributed by atoms with van der Waals surface area (Å²) in [6.45, 7) is 8.35. The van der Waals surface area contributed by atoms with Gasteiger partial charge in [-0.05, 0) is 49.8 Å². The molecule has 0 aliphatic rings. The summed E-state index contributed by atoms with van der Waals surface area (Å²) in [6, 6.07) is 11.6. The Morgan fingerprint density at radius 2 is 1.71 bits per heavy atom. The number of hydrogen-bond acceptors (Lipinski definition) is 6. The molecule has 0 radical (unpaired) electrons. The third-order valence-electron chi connectivity index (χ3n) is 5.80. The van der Waals surface area contributed by atoms with E-state index in [0.29, 0.717) is 35.8 Å². The average molecular weight is 478 g/mol. The number of unbranched alkanes of at least 4 members (excludes halogenated alkanes) is 5. The highest BCUT2D eigenvalue weighted by molar-refractivity contribution is 5.86. The second-order valence-electron chi connectivity index (χ2n) is 8.84. The molecule has 0 saturated heterocycles. The van der Waals surface area contributed by atoms with Crippen LogP contribution in [0.4, 0.5) is 0 Å². The van der Waals surface area contributed by atoms with Crippen molar-refractivity contribution in [3.63, 3.8) is 0 Å². The number of fused-ring (bicyclic) bond motifs is 1. The Kier molecular flexibility index (Phi) is 10.1. The maximum atomic E-state index is 12.6. The number of ether oxygens (including phenoxy) is 2. The summed E-state index contributed by atoms with van der Waals surface area (Å²) in [4.78, 5) is 28.3. The number of rotatable bonds is 14. The molecule has 2 aromatic heterocycles. The Balaban J connectivity index is 1.46. The second-order valence-corrected chi connectivity index (χ2v) is 8.84. The third kappa shape index (κ3) is 8.09. The van der Waals surface area contributed by atoms with Gasteiger partial charge in [0, 0.05) is 23.2 Å². The monoisotopic (exact) mass is 477 g/mol. The van der Waals surface area contributed by atoms with Gasteiger partial charge in [0.25, 0.3) is 0 Å². The summed E-state index contributed by atoms with van der Waals surface area (Å²) < 4.78 is 16.4. The van der Waals surface area contributed by atoms with Gasteiger partial charge >= 0.3 is 11.6 Å². The smallest absolute Gasteiger partial charge is 0.344 e. The Labute approximate surface area is 207 Å². The van der Waals surface area contributed by atoms with E-state index in [0.717, 1.165) is 62.3 Å². The van der Waals surface area contributed by atoms with Gasteiger partial charge in [0.2, 0.25) is 5.88 Å². The van der Waals surface area contributed by atoms with Gasteiger partial charge < -0.3 is 13.9 Å². The standard InChI is InChI=1S/C29H35NO5/c1-4-5-11-22-12-14-23(15-13-22)25-18-24-20-30-27(19-26(24)35-29(25)32)33-16-9-7-6-8-10-17-34-28(31)21(2)3/h12-15,18-20H,2,4-11,16-17H2,1,3H3. The van der Waals surface area contributed by atoms with Crippen molar-refractivity contribution in [2.24, 2.45) is 0 Å². The molecule has 0 unspecified atom stereocenters. The molecule has 0 spiro atoms. The van der Waals surface area contributed by atoms with E-state index in [1.54, 1.807) is 19.2 Å². The van der Waals surface area contributed by atoms with Crippen LogP contribution in [0.5, 0.6) is 5.88 Å². The number of carbonyl (C=O) groups excluding carboxylic acids is 1.